The largest absolute Gasteiger partial charge is 0.352 e. The van der Waals surface area contributed by atoms with Gasteiger partial charge in [-0.1, -0.05) is 0 Å². The van der Waals surface area contributed by atoms with E-state index in [1.54, 1.807) is 13.8 Å². The molecule has 0 spiro atoms. The van der Waals surface area contributed by atoms with Crippen LogP contribution in [-0.2, 0) is 4.79 Å². The van der Waals surface area contributed by atoms with Crippen molar-refractivity contribution in [3.05, 3.63) is 0 Å². The average Bonchev–Trinajstić information content (AvgIpc) is 2.07. The zero-order valence-electron chi connectivity index (χ0n) is 9.05. The number of nitrogens with two attached hydrogens (primary N) is 2. The number of carbonyl (C=O) groups is 1. The van der Waals surface area contributed by atoms with Crippen molar-refractivity contribution in [2.45, 2.75) is 57.2 Å². The topological polar surface area (TPSA) is 81.1 Å². The molecule has 1 aliphatic carbocycles. The summed E-state index contributed by atoms with van der Waals surface area (Å²) in [5.74, 6) is -0.0713. The van der Waals surface area contributed by atoms with Crippen LogP contribution >= 0.6 is 0 Å². The maximum absolute atomic E-state index is 11.5. The number of hydrogen-bond acceptors (Lipinski definition) is 3. The molecule has 4 nitrogen and oxygen atoms in total. The normalized spacial score (nSPS) is 28.6. The molecular formula is C10H21N3O. The van der Waals surface area contributed by atoms with Gasteiger partial charge in [0.2, 0.25) is 5.91 Å². The van der Waals surface area contributed by atoms with Crippen LogP contribution in [-0.4, -0.2) is 23.5 Å². The lowest BCUT2D eigenvalue weighted by molar-refractivity contribution is -0.126. The highest BCUT2D eigenvalue weighted by Gasteiger charge is 2.26. The Hall–Kier alpha value is -0.610. The molecule has 4 heteroatoms. The number of nitrogens with one attached hydrogen (secondary N) is 1. The van der Waals surface area contributed by atoms with Gasteiger partial charge in [-0.2, -0.15) is 0 Å². The first kappa shape index (κ1) is 11.5. The summed E-state index contributed by atoms with van der Waals surface area (Å²) in [7, 11) is 0. The SMILES string of the molecule is CC(C)(N)C(=O)NC1CCC(N)CC1. The summed E-state index contributed by atoms with van der Waals surface area (Å²) >= 11 is 0. The summed E-state index contributed by atoms with van der Waals surface area (Å²) in [4.78, 5) is 11.5. The summed E-state index contributed by atoms with van der Waals surface area (Å²) in [6, 6.07) is 0.583. The summed E-state index contributed by atoms with van der Waals surface area (Å²) in [5.41, 5.74) is 10.7. The van der Waals surface area contributed by atoms with Crippen LogP contribution in [0, 0.1) is 0 Å². The molecule has 0 atom stereocenters. The van der Waals surface area contributed by atoms with Gasteiger partial charge >= 0.3 is 0 Å². The van der Waals surface area contributed by atoms with E-state index in [4.69, 9.17) is 11.5 Å². The Balaban J connectivity index is 2.35. The quantitative estimate of drug-likeness (QED) is 0.590. The predicted octanol–water partition coefficient (Wildman–Crippen LogP) is 0.110. The van der Waals surface area contributed by atoms with Crippen LogP contribution in [0.15, 0.2) is 0 Å². The van der Waals surface area contributed by atoms with Gasteiger partial charge in [0, 0.05) is 12.1 Å². The van der Waals surface area contributed by atoms with Crippen LogP contribution in [0.4, 0.5) is 0 Å². The summed E-state index contributed by atoms with van der Waals surface area (Å²) in [6.45, 7) is 3.44. The Bertz CT molecular complexity index is 202. The maximum Gasteiger partial charge on any atom is 0.239 e. The van der Waals surface area contributed by atoms with E-state index in [0.29, 0.717) is 6.04 Å². The highest BCUT2D eigenvalue weighted by atomic mass is 16.2. The monoisotopic (exact) mass is 199 g/mol. The Morgan fingerprint density at radius 1 is 1.29 bits per heavy atom. The second-order valence-electron chi connectivity index (χ2n) is 4.81. The molecule has 1 amide bonds. The van der Waals surface area contributed by atoms with E-state index in [1.807, 2.05) is 0 Å². The minimum atomic E-state index is -0.778. The van der Waals surface area contributed by atoms with Gasteiger partial charge in [0.15, 0.2) is 0 Å². The van der Waals surface area contributed by atoms with E-state index in [1.165, 1.54) is 0 Å². The van der Waals surface area contributed by atoms with Crippen LogP contribution in [0.2, 0.25) is 0 Å². The molecule has 0 aromatic rings. The third-order valence-electron chi connectivity index (χ3n) is 2.69. The van der Waals surface area contributed by atoms with Crippen LogP contribution in [0.25, 0.3) is 0 Å². The summed E-state index contributed by atoms with van der Waals surface area (Å²) in [5, 5.41) is 2.96. The molecule has 1 aliphatic rings. The van der Waals surface area contributed by atoms with E-state index in [9.17, 15) is 4.79 Å². The van der Waals surface area contributed by atoms with Gasteiger partial charge in [-0.05, 0) is 39.5 Å². The van der Waals surface area contributed by atoms with Gasteiger partial charge in [-0.3, -0.25) is 4.79 Å². The van der Waals surface area contributed by atoms with Gasteiger partial charge < -0.3 is 16.8 Å². The van der Waals surface area contributed by atoms with E-state index in [0.717, 1.165) is 25.7 Å². The molecule has 0 saturated heterocycles. The zero-order valence-corrected chi connectivity index (χ0v) is 9.05. The van der Waals surface area contributed by atoms with Crippen molar-refractivity contribution in [2.75, 3.05) is 0 Å². The molecule has 1 rings (SSSR count). The van der Waals surface area contributed by atoms with Crippen molar-refractivity contribution in [2.24, 2.45) is 11.5 Å². The number of amides is 1. The number of hydrogen-bond donors (Lipinski definition) is 3. The van der Waals surface area contributed by atoms with E-state index < -0.39 is 5.54 Å². The van der Waals surface area contributed by atoms with Gasteiger partial charge in [0.1, 0.15) is 0 Å². The van der Waals surface area contributed by atoms with Crippen LogP contribution in [0.5, 0.6) is 0 Å². The lowest BCUT2D eigenvalue weighted by Gasteiger charge is -2.29. The van der Waals surface area contributed by atoms with E-state index >= 15 is 0 Å². The smallest absolute Gasteiger partial charge is 0.239 e. The fraction of sp³-hybridized carbons (Fsp3) is 0.900. The van der Waals surface area contributed by atoms with E-state index in [-0.39, 0.29) is 11.9 Å². The van der Waals surface area contributed by atoms with Crippen molar-refractivity contribution in [1.82, 2.24) is 5.32 Å². The molecule has 1 saturated carbocycles. The molecule has 0 bridgehead atoms. The molecule has 1 fully saturated rings. The van der Waals surface area contributed by atoms with Crippen LogP contribution in [0.3, 0.4) is 0 Å². The summed E-state index contributed by atoms with van der Waals surface area (Å²) in [6.07, 6.45) is 3.94. The molecular weight excluding hydrogens is 178 g/mol. The Kier molecular flexibility index (Phi) is 3.50. The zero-order chi connectivity index (χ0) is 10.8. The fourth-order valence-electron chi connectivity index (χ4n) is 1.63. The van der Waals surface area contributed by atoms with Crippen molar-refractivity contribution in [1.29, 1.82) is 0 Å². The third kappa shape index (κ3) is 3.27. The highest BCUT2D eigenvalue weighted by Crippen LogP contribution is 2.17. The van der Waals surface area contributed by atoms with Crippen molar-refractivity contribution in [3.63, 3.8) is 0 Å². The molecule has 14 heavy (non-hydrogen) atoms. The fourth-order valence-corrected chi connectivity index (χ4v) is 1.63. The minimum Gasteiger partial charge on any atom is -0.352 e. The van der Waals surface area contributed by atoms with Crippen molar-refractivity contribution in [3.8, 4) is 0 Å². The van der Waals surface area contributed by atoms with E-state index in [2.05, 4.69) is 5.32 Å². The molecule has 0 radical (unpaired) electrons. The minimum absolute atomic E-state index is 0.0713. The second kappa shape index (κ2) is 4.28. The van der Waals surface area contributed by atoms with Gasteiger partial charge in [0.25, 0.3) is 0 Å². The molecule has 5 N–H and O–H groups in total. The predicted molar refractivity (Wildman–Crippen MR) is 56.6 cm³/mol. The molecule has 82 valence electrons. The van der Waals surface area contributed by atoms with Crippen molar-refractivity contribution < 1.29 is 4.79 Å². The first-order chi connectivity index (χ1) is 6.39. The van der Waals surface area contributed by atoms with Crippen molar-refractivity contribution >= 4 is 5.91 Å². The molecule has 0 aromatic carbocycles. The second-order valence-corrected chi connectivity index (χ2v) is 4.81. The molecule has 0 unspecified atom stereocenters. The lowest BCUT2D eigenvalue weighted by atomic mass is 9.91. The first-order valence-electron chi connectivity index (χ1n) is 5.25. The van der Waals surface area contributed by atoms with Crippen LogP contribution < -0.4 is 16.8 Å². The molecule has 0 aromatic heterocycles. The Morgan fingerprint density at radius 3 is 2.21 bits per heavy atom. The Labute approximate surface area is 85.4 Å². The third-order valence-corrected chi connectivity index (χ3v) is 2.69. The summed E-state index contributed by atoms with van der Waals surface area (Å²) < 4.78 is 0. The van der Waals surface area contributed by atoms with Crippen LogP contribution in [0.1, 0.15) is 39.5 Å². The average molecular weight is 199 g/mol. The lowest BCUT2D eigenvalue weighted by Crippen LogP contribution is -2.53. The van der Waals surface area contributed by atoms with Gasteiger partial charge in [-0.25, -0.2) is 0 Å². The van der Waals surface area contributed by atoms with Gasteiger partial charge in [-0.15, -0.1) is 0 Å². The Morgan fingerprint density at radius 2 is 1.79 bits per heavy atom. The molecule has 0 aliphatic heterocycles. The number of rotatable bonds is 2. The first-order valence-corrected chi connectivity index (χ1v) is 5.25. The number of carbonyl (C=O) groups excluding carboxylic acids is 1. The van der Waals surface area contributed by atoms with Gasteiger partial charge in [0.05, 0.1) is 5.54 Å². The molecule has 0 heterocycles. The maximum atomic E-state index is 11.5. The highest BCUT2D eigenvalue weighted by molar-refractivity contribution is 5.85. The standard InChI is InChI=1S/C10H21N3O/c1-10(2,12)9(14)13-8-5-3-7(11)4-6-8/h7-8H,3-6,11-12H2,1-2H3,(H,13,14).